The first kappa shape index (κ1) is 18.8. The molecule has 1 aliphatic carbocycles. The fraction of sp³-hybridized carbons (Fsp3) is 0.478. The number of hydrogen-bond donors (Lipinski definition) is 1. The Kier molecular flexibility index (Phi) is 4.92. The molecule has 3 heterocycles. The average molecular weight is 410 g/mol. The summed E-state index contributed by atoms with van der Waals surface area (Å²) in [5, 5.41) is 5.81. The van der Waals surface area contributed by atoms with E-state index in [2.05, 4.69) is 36.1 Å². The van der Waals surface area contributed by atoms with E-state index >= 15 is 0 Å². The smallest absolute Gasteiger partial charge is 0.264 e. The second-order valence-corrected chi connectivity index (χ2v) is 9.62. The second kappa shape index (κ2) is 7.58. The van der Waals surface area contributed by atoms with E-state index in [1.807, 2.05) is 17.7 Å². The van der Waals surface area contributed by atoms with Crippen molar-refractivity contribution in [2.45, 2.75) is 45.6 Å². The summed E-state index contributed by atoms with van der Waals surface area (Å²) in [4.78, 5) is 18.9. The molecule has 2 aromatic heterocycles. The maximum Gasteiger partial charge on any atom is 0.264 e. The van der Waals surface area contributed by atoms with Crippen molar-refractivity contribution in [2.75, 3.05) is 26.2 Å². The highest BCUT2D eigenvalue weighted by atomic mass is 32.1. The summed E-state index contributed by atoms with van der Waals surface area (Å²) in [7, 11) is 0. The zero-order valence-electron chi connectivity index (χ0n) is 17.3. The standard InChI is InChI=1S/C23H28N4OS/c1-16-7-9-19(10-8-16)27-23-20(17(2)24-27)15-21(29-23)22(28)26-13-11-25(12-14-26)18-5-3-4-6-18/h7-10,15,18H,3-6,11-14H2,1-2H3/p+1. The van der Waals surface area contributed by atoms with Crippen LogP contribution < -0.4 is 4.90 Å². The van der Waals surface area contributed by atoms with Gasteiger partial charge < -0.3 is 9.80 Å². The van der Waals surface area contributed by atoms with Crippen molar-refractivity contribution in [3.05, 3.63) is 46.5 Å². The van der Waals surface area contributed by atoms with E-state index in [-0.39, 0.29) is 5.91 Å². The minimum Gasteiger partial charge on any atom is -0.330 e. The number of piperazine rings is 1. The second-order valence-electron chi connectivity index (χ2n) is 8.59. The van der Waals surface area contributed by atoms with E-state index in [0.717, 1.165) is 58.7 Å². The SMILES string of the molecule is Cc1ccc(-n2nc(C)c3cc(C(=O)N4CC[NH+](C5CCCC5)CC4)sc32)cc1. The van der Waals surface area contributed by atoms with Crippen LogP contribution >= 0.6 is 11.3 Å². The monoisotopic (exact) mass is 409 g/mol. The van der Waals surface area contributed by atoms with Crippen molar-refractivity contribution >= 4 is 27.5 Å². The lowest BCUT2D eigenvalue weighted by Gasteiger charge is -2.35. The molecule has 3 aromatic rings. The Bertz CT molecular complexity index is 1020. The van der Waals surface area contributed by atoms with Gasteiger partial charge in [-0.05, 0) is 57.7 Å². The molecule has 5 nitrogen and oxygen atoms in total. The number of thiophene rings is 1. The Labute approximate surface area is 175 Å². The van der Waals surface area contributed by atoms with Crippen LogP contribution in [0.1, 0.15) is 46.6 Å². The third-order valence-electron chi connectivity index (χ3n) is 6.66. The number of benzene rings is 1. The van der Waals surface area contributed by atoms with Gasteiger partial charge in [0.1, 0.15) is 4.83 Å². The number of aryl methyl sites for hydroxylation is 2. The first-order valence-electron chi connectivity index (χ1n) is 10.8. The molecule has 0 unspecified atom stereocenters. The number of nitrogens with zero attached hydrogens (tertiary/aromatic N) is 3. The van der Waals surface area contributed by atoms with Crippen molar-refractivity contribution in [2.24, 2.45) is 0 Å². The Morgan fingerprint density at radius 1 is 1.10 bits per heavy atom. The summed E-state index contributed by atoms with van der Waals surface area (Å²) in [6.07, 6.45) is 5.51. The molecule has 1 saturated heterocycles. The third-order valence-corrected chi connectivity index (χ3v) is 7.76. The van der Waals surface area contributed by atoms with Gasteiger partial charge >= 0.3 is 0 Å². The molecule has 1 amide bonds. The zero-order chi connectivity index (χ0) is 20.0. The first-order valence-corrected chi connectivity index (χ1v) is 11.6. The Morgan fingerprint density at radius 2 is 1.79 bits per heavy atom. The molecule has 2 fully saturated rings. The average Bonchev–Trinajstić information content (AvgIpc) is 3.47. The number of rotatable bonds is 3. The predicted octanol–water partition coefficient (Wildman–Crippen LogP) is 2.99. The van der Waals surface area contributed by atoms with Gasteiger partial charge in [0.2, 0.25) is 0 Å². The third kappa shape index (κ3) is 3.49. The van der Waals surface area contributed by atoms with Crippen LogP contribution in [-0.4, -0.2) is 52.8 Å². The van der Waals surface area contributed by atoms with Gasteiger partial charge in [-0.25, -0.2) is 4.68 Å². The lowest BCUT2D eigenvalue weighted by atomic mass is 10.2. The van der Waals surface area contributed by atoms with Gasteiger partial charge in [0.15, 0.2) is 0 Å². The summed E-state index contributed by atoms with van der Waals surface area (Å²) in [5.41, 5.74) is 3.25. The molecular weight excluding hydrogens is 380 g/mol. The van der Waals surface area contributed by atoms with Crippen LogP contribution in [0.4, 0.5) is 0 Å². The van der Waals surface area contributed by atoms with Gasteiger partial charge in [0.25, 0.3) is 5.91 Å². The fourth-order valence-electron chi connectivity index (χ4n) is 4.91. The molecule has 6 heteroatoms. The molecule has 29 heavy (non-hydrogen) atoms. The van der Waals surface area contributed by atoms with Crippen molar-refractivity contribution in [3.63, 3.8) is 0 Å². The molecule has 0 radical (unpaired) electrons. The van der Waals surface area contributed by atoms with Gasteiger partial charge in [-0.15, -0.1) is 11.3 Å². The molecule has 0 bridgehead atoms. The predicted molar refractivity (Wildman–Crippen MR) is 117 cm³/mol. The largest absolute Gasteiger partial charge is 0.330 e. The van der Waals surface area contributed by atoms with Crippen LogP contribution in [0.15, 0.2) is 30.3 Å². The molecule has 1 aliphatic heterocycles. The molecule has 0 atom stereocenters. The molecule has 5 rings (SSSR count). The minimum atomic E-state index is 0.187. The highest BCUT2D eigenvalue weighted by molar-refractivity contribution is 7.20. The van der Waals surface area contributed by atoms with Gasteiger partial charge in [0.05, 0.1) is 48.5 Å². The van der Waals surface area contributed by atoms with E-state index in [9.17, 15) is 4.79 Å². The number of aromatic nitrogens is 2. The van der Waals surface area contributed by atoms with Gasteiger partial charge in [0, 0.05) is 5.39 Å². The summed E-state index contributed by atoms with van der Waals surface area (Å²) >= 11 is 1.57. The van der Waals surface area contributed by atoms with Gasteiger partial charge in [-0.3, -0.25) is 4.79 Å². The van der Waals surface area contributed by atoms with E-state index in [1.54, 1.807) is 16.2 Å². The van der Waals surface area contributed by atoms with Crippen LogP contribution in [0.5, 0.6) is 0 Å². The number of hydrogen-bond acceptors (Lipinski definition) is 3. The van der Waals surface area contributed by atoms with Crippen LogP contribution in [0.3, 0.4) is 0 Å². The normalized spacial score (nSPS) is 18.8. The van der Waals surface area contributed by atoms with Gasteiger partial charge in [-0.1, -0.05) is 17.7 Å². The van der Waals surface area contributed by atoms with Crippen molar-refractivity contribution in [1.29, 1.82) is 0 Å². The summed E-state index contributed by atoms with van der Waals surface area (Å²) in [6.45, 7) is 8.06. The summed E-state index contributed by atoms with van der Waals surface area (Å²) in [5.74, 6) is 0.187. The van der Waals surface area contributed by atoms with Crippen molar-refractivity contribution in [3.8, 4) is 5.69 Å². The lowest BCUT2D eigenvalue weighted by Crippen LogP contribution is -3.18. The van der Waals surface area contributed by atoms with Crippen LogP contribution in [0.2, 0.25) is 0 Å². The topological polar surface area (TPSA) is 42.6 Å². The Morgan fingerprint density at radius 3 is 2.48 bits per heavy atom. The molecule has 2 aliphatic rings. The van der Waals surface area contributed by atoms with Crippen LogP contribution in [0, 0.1) is 13.8 Å². The molecule has 1 aromatic carbocycles. The quantitative estimate of drug-likeness (QED) is 0.723. The molecule has 152 valence electrons. The fourth-order valence-corrected chi connectivity index (χ4v) is 6.06. The van der Waals surface area contributed by atoms with Crippen LogP contribution in [-0.2, 0) is 0 Å². The number of carbonyl (C=O) groups is 1. The zero-order valence-corrected chi connectivity index (χ0v) is 18.1. The van der Waals surface area contributed by atoms with Gasteiger partial charge in [-0.2, -0.15) is 5.10 Å². The maximum atomic E-state index is 13.2. The summed E-state index contributed by atoms with van der Waals surface area (Å²) in [6, 6.07) is 11.3. The number of amides is 1. The maximum absolute atomic E-state index is 13.2. The highest BCUT2D eigenvalue weighted by Gasteiger charge is 2.32. The Hall–Kier alpha value is -2.18. The number of carbonyl (C=O) groups excluding carboxylic acids is 1. The molecular formula is C23H29N4OS+. The van der Waals surface area contributed by atoms with Crippen LogP contribution in [0.25, 0.3) is 15.9 Å². The van der Waals surface area contributed by atoms with E-state index < -0.39 is 0 Å². The number of nitrogens with one attached hydrogen (secondary N) is 1. The molecule has 1 saturated carbocycles. The minimum absolute atomic E-state index is 0.187. The molecule has 1 N–H and O–H groups in total. The first-order chi connectivity index (χ1) is 14.1. The highest BCUT2D eigenvalue weighted by Crippen LogP contribution is 2.31. The van der Waals surface area contributed by atoms with Crippen molar-refractivity contribution in [1.82, 2.24) is 14.7 Å². The van der Waals surface area contributed by atoms with E-state index in [1.165, 1.54) is 31.2 Å². The van der Waals surface area contributed by atoms with E-state index in [4.69, 9.17) is 5.10 Å². The molecule has 0 spiro atoms. The van der Waals surface area contributed by atoms with E-state index in [0.29, 0.717) is 0 Å². The Balaban J connectivity index is 1.36. The number of fused-ring (bicyclic) bond motifs is 1. The summed E-state index contributed by atoms with van der Waals surface area (Å²) < 4.78 is 1.98. The number of quaternary nitrogens is 1. The van der Waals surface area contributed by atoms with Crippen molar-refractivity contribution < 1.29 is 9.69 Å². The lowest BCUT2D eigenvalue weighted by molar-refractivity contribution is -0.928.